The van der Waals surface area contributed by atoms with Crippen LogP contribution in [0.1, 0.15) is 31.5 Å². The molecule has 0 saturated heterocycles. The lowest BCUT2D eigenvalue weighted by atomic mass is 10.1. The Hall–Kier alpha value is -1.43. The molecule has 0 aliphatic rings. The van der Waals surface area contributed by atoms with Crippen LogP contribution in [0.25, 0.3) is 10.6 Å². The fraction of sp³-hybridized carbons (Fsp3) is 0.412. The van der Waals surface area contributed by atoms with E-state index in [-0.39, 0.29) is 24.4 Å². The number of aromatic nitrogens is 1. The molecule has 0 radical (unpaired) electrons. The number of halogens is 1. The molecule has 3 N–H and O–H groups in total. The quantitative estimate of drug-likeness (QED) is 0.803. The minimum absolute atomic E-state index is 0. The van der Waals surface area contributed by atoms with Crippen LogP contribution in [-0.4, -0.2) is 23.5 Å². The zero-order valence-corrected chi connectivity index (χ0v) is 15.2. The summed E-state index contributed by atoms with van der Waals surface area (Å²) < 4.78 is 0. The monoisotopic (exact) mass is 353 g/mol. The van der Waals surface area contributed by atoms with Crippen molar-refractivity contribution in [2.45, 2.75) is 39.2 Å². The zero-order chi connectivity index (χ0) is 15.9. The minimum atomic E-state index is -0.00108. The maximum absolute atomic E-state index is 11.8. The van der Waals surface area contributed by atoms with Crippen molar-refractivity contribution in [1.29, 1.82) is 0 Å². The van der Waals surface area contributed by atoms with Crippen molar-refractivity contribution in [1.82, 2.24) is 10.3 Å². The molecule has 4 nitrogen and oxygen atoms in total. The van der Waals surface area contributed by atoms with Crippen LogP contribution in [-0.2, 0) is 17.6 Å². The Morgan fingerprint density at radius 1 is 1.35 bits per heavy atom. The highest BCUT2D eigenvalue weighted by atomic mass is 35.5. The first kappa shape index (κ1) is 19.6. The van der Waals surface area contributed by atoms with Gasteiger partial charge in [0.15, 0.2) is 0 Å². The predicted octanol–water partition coefficient (Wildman–Crippen LogP) is 3.19. The number of rotatable bonds is 7. The third kappa shape index (κ3) is 6.29. The fourth-order valence-electron chi connectivity index (χ4n) is 2.07. The standard InChI is InChI=1S/C17H23N3OS.ClH/c1-3-13-4-6-14(7-5-13)17-20-15(11-22-17)10-16(21)19-9-8-12(2)18;/h4-7,11-12H,3,8-10,18H2,1-2H3,(H,19,21);1H. The van der Waals surface area contributed by atoms with Gasteiger partial charge in [0.25, 0.3) is 0 Å². The van der Waals surface area contributed by atoms with Crippen LogP contribution >= 0.6 is 23.7 Å². The highest BCUT2D eigenvalue weighted by Gasteiger charge is 2.09. The minimum Gasteiger partial charge on any atom is -0.356 e. The first-order valence-corrected chi connectivity index (χ1v) is 8.52. The summed E-state index contributed by atoms with van der Waals surface area (Å²) in [6.45, 7) is 4.69. The van der Waals surface area contributed by atoms with Gasteiger partial charge in [0, 0.05) is 23.5 Å². The van der Waals surface area contributed by atoms with Crippen molar-refractivity contribution in [2.24, 2.45) is 5.73 Å². The summed E-state index contributed by atoms with van der Waals surface area (Å²) in [4.78, 5) is 16.4. The van der Waals surface area contributed by atoms with E-state index in [1.54, 1.807) is 11.3 Å². The molecule has 0 aliphatic heterocycles. The molecule has 0 bridgehead atoms. The van der Waals surface area contributed by atoms with Crippen LogP contribution in [0.4, 0.5) is 0 Å². The molecule has 0 aliphatic carbocycles. The van der Waals surface area contributed by atoms with Gasteiger partial charge in [0.05, 0.1) is 12.1 Å². The number of nitrogens with zero attached hydrogens (tertiary/aromatic N) is 1. The third-order valence-corrected chi connectivity index (χ3v) is 4.36. The Balaban J connectivity index is 0.00000264. The summed E-state index contributed by atoms with van der Waals surface area (Å²) >= 11 is 1.58. The second-order valence-electron chi connectivity index (χ2n) is 5.49. The number of carbonyl (C=O) groups is 1. The molecule has 1 heterocycles. The van der Waals surface area contributed by atoms with Gasteiger partial charge in [-0.15, -0.1) is 23.7 Å². The van der Waals surface area contributed by atoms with E-state index in [0.717, 1.165) is 29.1 Å². The molecule has 1 amide bonds. The van der Waals surface area contributed by atoms with Gasteiger partial charge < -0.3 is 11.1 Å². The molecule has 1 aromatic heterocycles. The Morgan fingerprint density at radius 2 is 2.04 bits per heavy atom. The number of amides is 1. The Kier molecular flexibility index (Phi) is 8.23. The summed E-state index contributed by atoms with van der Waals surface area (Å²) in [5.74, 6) is -0.00108. The molecule has 2 rings (SSSR count). The lowest BCUT2D eigenvalue weighted by molar-refractivity contribution is -0.120. The Bertz CT molecular complexity index is 611. The summed E-state index contributed by atoms with van der Waals surface area (Å²) in [5, 5.41) is 5.78. The molecule has 1 unspecified atom stereocenters. The van der Waals surface area contributed by atoms with E-state index in [1.807, 2.05) is 12.3 Å². The average molecular weight is 354 g/mol. The summed E-state index contributed by atoms with van der Waals surface area (Å²) in [5.41, 5.74) is 8.89. The van der Waals surface area contributed by atoms with Crippen LogP contribution in [0, 0.1) is 0 Å². The van der Waals surface area contributed by atoms with E-state index < -0.39 is 0 Å². The number of nitrogens with one attached hydrogen (secondary N) is 1. The van der Waals surface area contributed by atoms with Crippen LogP contribution in [0.3, 0.4) is 0 Å². The number of thiazole rings is 1. The van der Waals surface area contributed by atoms with E-state index in [1.165, 1.54) is 5.56 Å². The third-order valence-electron chi connectivity index (χ3n) is 3.42. The fourth-order valence-corrected chi connectivity index (χ4v) is 2.90. The van der Waals surface area contributed by atoms with Crippen molar-refractivity contribution in [2.75, 3.05) is 6.54 Å². The van der Waals surface area contributed by atoms with Crippen molar-refractivity contribution in [3.63, 3.8) is 0 Å². The van der Waals surface area contributed by atoms with Gasteiger partial charge in [0.2, 0.25) is 5.91 Å². The molecular weight excluding hydrogens is 330 g/mol. The summed E-state index contributed by atoms with van der Waals surface area (Å²) in [6, 6.07) is 8.53. The Labute approximate surface area is 147 Å². The number of carbonyl (C=O) groups excluding carboxylic acids is 1. The van der Waals surface area contributed by atoms with Gasteiger partial charge in [-0.3, -0.25) is 4.79 Å². The second-order valence-corrected chi connectivity index (χ2v) is 6.35. The molecular formula is C17H24ClN3OS. The average Bonchev–Trinajstić information content (AvgIpc) is 2.95. The smallest absolute Gasteiger partial charge is 0.226 e. The molecule has 0 spiro atoms. The lowest BCUT2D eigenvalue weighted by Gasteiger charge is -2.06. The van der Waals surface area contributed by atoms with Gasteiger partial charge in [0.1, 0.15) is 5.01 Å². The topological polar surface area (TPSA) is 68.0 Å². The maximum Gasteiger partial charge on any atom is 0.226 e. The van der Waals surface area contributed by atoms with Gasteiger partial charge in [-0.2, -0.15) is 0 Å². The maximum atomic E-state index is 11.8. The van der Waals surface area contributed by atoms with Crippen molar-refractivity contribution < 1.29 is 4.79 Å². The van der Waals surface area contributed by atoms with Crippen LogP contribution < -0.4 is 11.1 Å². The highest BCUT2D eigenvalue weighted by Crippen LogP contribution is 2.24. The first-order valence-electron chi connectivity index (χ1n) is 7.64. The molecule has 0 saturated carbocycles. The molecule has 126 valence electrons. The van der Waals surface area contributed by atoms with Gasteiger partial charge in [-0.1, -0.05) is 31.2 Å². The van der Waals surface area contributed by atoms with E-state index in [4.69, 9.17) is 5.73 Å². The normalized spacial score (nSPS) is 11.6. The van der Waals surface area contributed by atoms with Gasteiger partial charge in [-0.25, -0.2) is 4.98 Å². The van der Waals surface area contributed by atoms with E-state index >= 15 is 0 Å². The van der Waals surface area contributed by atoms with Crippen molar-refractivity contribution in [3.05, 3.63) is 40.9 Å². The van der Waals surface area contributed by atoms with E-state index in [2.05, 4.69) is 41.5 Å². The molecule has 0 fully saturated rings. The van der Waals surface area contributed by atoms with E-state index in [9.17, 15) is 4.79 Å². The molecule has 1 atom stereocenters. The highest BCUT2D eigenvalue weighted by molar-refractivity contribution is 7.13. The van der Waals surface area contributed by atoms with Gasteiger partial charge >= 0.3 is 0 Å². The number of hydrogen-bond donors (Lipinski definition) is 2. The molecule has 23 heavy (non-hydrogen) atoms. The second kappa shape index (κ2) is 9.65. The first-order chi connectivity index (χ1) is 10.6. The molecule has 2 aromatic rings. The number of nitrogens with two attached hydrogens (primary N) is 1. The molecule has 1 aromatic carbocycles. The van der Waals surface area contributed by atoms with Crippen molar-refractivity contribution >= 4 is 29.7 Å². The van der Waals surface area contributed by atoms with E-state index in [0.29, 0.717) is 13.0 Å². The summed E-state index contributed by atoms with van der Waals surface area (Å²) in [6.07, 6.45) is 2.14. The Morgan fingerprint density at radius 3 is 2.65 bits per heavy atom. The SMILES string of the molecule is CCc1ccc(-c2nc(CC(=O)NCCC(C)N)cs2)cc1.Cl. The number of aryl methyl sites for hydroxylation is 1. The largest absolute Gasteiger partial charge is 0.356 e. The van der Waals surface area contributed by atoms with Crippen LogP contribution in [0.15, 0.2) is 29.6 Å². The molecule has 6 heteroatoms. The van der Waals surface area contributed by atoms with Crippen LogP contribution in [0.5, 0.6) is 0 Å². The summed E-state index contributed by atoms with van der Waals surface area (Å²) in [7, 11) is 0. The van der Waals surface area contributed by atoms with Gasteiger partial charge in [-0.05, 0) is 25.3 Å². The van der Waals surface area contributed by atoms with Crippen molar-refractivity contribution in [3.8, 4) is 10.6 Å². The zero-order valence-electron chi connectivity index (χ0n) is 13.5. The number of benzene rings is 1. The predicted molar refractivity (Wildman–Crippen MR) is 99.2 cm³/mol. The lowest BCUT2D eigenvalue weighted by Crippen LogP contribution is -2.30. The van der Waals surface area contributed by atoms with Crippen LogP contribution in [0.2, 0.25) is 0 Å². The number of hydrogen-bond acceptors (Lipinski definition) is 4.